The SMILES string of the molecule is CC[C@@H](C)c1ccc(Cn2c(CN(C)C(C)=O)nc3ccccc32)cc1. The van der Waals surface area contributed by atoms with Gasteiger partial charge in [0.05, 0.1) is 17.6 Å². The number of carbonyl (C=O) groups excluding carboxylic acids is 1. The Morgan fingerprint density at radius 3 is 2.50 bits per heavy atom. The van der Waals surface area contributed by atoms with E-state index in [-0.39, 0.29) is 5.91 Å². The molecular formula is C22H27N3O. The van der Waals surface area contributed by atoms with Gasteiger partial charge in [-0.25, -0.2) is 4.98 Å². The van der Waals surface area contributed by atoms with E-state index in [0.29, 0.717) is 12.5 Å². The third kappa shape index (κ3) is 3.79. The standard InChI is InChI=1S/C22H27N3O/c1-5-16(2)19-12-10-18(11-13-19)14-25-21-9-7-6-8-20(21)23-22(25)15-24(4)17(3)26/h6-13,16H,5,14-15H2,1-4H3/t16-/m1/s1. The first-order valence-electron chi connectivity index (χ1n) is 9.24. The summed E-state index contributed by atoms with van der Waals surface area (Å²) in [4.78, 5) is 18.1. The van der Waals surface area contributed by atoms with Crippen molar-refractivity contribution in [3.8, 4) is 0 Å². The second-order valence-electron chi connectivity index (χ2n) is 7.03. The zero-order valence-electron chi connectivity index (χ0n) is 16.1. The predicted octanol–water partition coefficient (Wildman–Crippen LogP) is 4.58. The highest BCUT2D eigenvalue weighted by atomic mass is 16.2. The summed E-state index contributed by atoms with van der Waals surface area (Å²) in [5.74, 6) is 1.54. The maximum Gasteiger partial charge on any atom is 0.219 e. The van der Waals surface area contributed by atoms with Crippen LogP contribution in [-0.2, 0) is 17.9 Å². The van der Waals surface area contributed by atoms with Crippen LogP contribution in [0.1, 0.15) is 50.1 Å². The highest BCUT2D eigenvalue weighted by Gasteiger charge is 2.14. The molecule has 2 aromatic carbocycles. The Morgan fingerprint density at radius 1 is 1.15 bits per heavy atom. The minimum atomic E-state index is 0.0431. The van der Waals surface area contributed by atoms with Crippen molar-refractivity contribution in [2.75, 3.05) is 7.05 Å². The van der Waals surface area contributed by atoms with E-state index in [9.17, 15) is 4.79 Å². The van der Waals surface area contributed by atoms with Crippen LogP contribution in [0.25, 0.3) is 11.0 Å². The Bertz CT molecular complexity index is 895. The lowest BCUT2D eigenvalue weighted by molar-refractivity contribution is -0.128. The third-order valence-corrected chi connectivity index (χ3v) is 5.15. The first-order chi connectivity index (χ1) is 12.5. The molecule has 26 heavy (non-hydrogen) atoms. The van der Waals surface area contributed by atoms with E-state index in [2.05, 4.69) is 48.7 Å². The number of benzene rings is 2. The second kappa shape index (κ2) is 7.73. The monoisotopic (exact) mass is 349 g/mol. The molecule has 0 unspecified atom stereocenters. The van der Waals surface area contributed by atoms with E-state index in [4.69, 9.17) is 4.98 Å². The van der Waals surface area contributed by atoms with E-state index >= 15 is 0 Å². The van der Waals surface area contributed by atoms with E-state index in [0.717, 1.165) is 29.8 Å². The van der Waals surface area contributed by atoms with Gasteiger partial charge in [-0.3, -0.25) is 4.79 Å². The number of para-hydroxylation sites is 2. The van der Waals surface area contributed by atoms with Gasteiger partial charge in [0, 0.05) is 20.5 Å². The van der Waals surface area contributed by atoms with E-state index < -0.39 is 0 Å². The van der Waals surface area contributed by atoms with Crippen LogP contribution in [0.2, 0.25) is 0 Å². The van der Waals surface area contributed by atoms with Crippen LogP contribution < -0.4 is 0 Å². The molecule has 0 saturated carbocycles. The van der Waals surface area contributed by atoms with Crippen LogP contribution in [0.3, 0.4) is 0 Å². The van der Waals surface area contributed by atoms with Crippen molar-refractivity contribution < 1.29 is 4.79 Å². The fourth-order valence-corrected chi connectivity index (χ4v) is 3.12. The van der Waals surface area contributed by atoms with Gasteiger partial charge in [0.25, 0.3) is 0 Å². The number of nitrogens with zero attached hydrogens (tertiary/aromatic N) is 3. The summed E-state index contributed by atoms with van der Waals surface area (Å²) in [6.45, 7) is 7.32. The van der Waals surface area contributed by atoms with Crippen molar-refractivity contribution >= 4 is 16.9 Å². The number of imidazole rings is 1. The summed E-state index contributed by atoms with van der Waals surface area (Å²) in [6, 6.07) is 17.0. The zero-order valence-corrected chi connectivity index (χ0v) is 16.1. The molecule has 1 aromatic heterocycles. The molecule has 1 amide bonds. The van der Waals surface area contributed by atoms with Crippen molar-refractivity contribution in [1.29, 1.82) is 0 Å². The Labute approximate surface area is 155 Å². The van der Waals surface area contributed by atoms with Crippen LogP contribution in [-0.4, -0.2) is 27.4 Å². The summed E-state index contributed by atoms with van der Waals surface area (Å²) in [6.07, 6.45) is 1.15. The van der Waals surface area contributed by atoms with Crippen LogP contribution in [0.5, 0.6) is 0 Å². The number of hydrogen-bond acceptors (Lipinski definition) is 2. The Hall–Kier alpha value is -2.62. The fraction of sp³-hybridized carbons (Fsp3) is 0.364. The fourth-order valence-electron chi connectivity index (χ4n) is 3.12. The van der Waals surface area contributed by atoms with Crippen LogP contribution in [0, 0.1) is 0 Å². The van der Waals surface area contributed by atoms with Gasteiger partial charge in [0.2, 0.25) is 5.91 Å². The molecule has 0 aliphatic rings. The zero-order chi connectivity index (χ0) is 18.7. The summed E-state index contributed by atoms with van der Waals surface area (Å²) in [7, 11) is 1.81. The number of fused-ring (bicyclic) bond motifs is 1. The molecule has 3 rings (SSSR count). The minimum Gasteiger partial charge on any atom is -0.339 e. The van der Waals surface area contributed by atoms with Crippen molar-refractivity contribution in [2.45, 2.75) is 46.2 Å². The number of rotatable bonds is 6. The second-order valence-corrected chi connectivity index (χ2v) is 7.03. The van der Waals surface area contributed by atoms with E-state index in [1.807, 2.05) is 25.2 Å². The van der Waals surface area contributed by atoms with Crippen LogP contribution in [0.15, 0.2) is 48.5 Å². The molecule has 0 bridgehead atoms. The molecule has 0 aliphatic carbocycles. The predicted molar refractivity (Wildman–Crippen MR) is 106 cm³/mol. The lowest BCUT2D eigenvalue weighted by Gasteiger charge is -2.16. The molecule has 4 heteroatoms. The molecule has 3 aromatic rings. The summed E-state index contributed by atoms with van der Waals surface area (Å²) < 4.78 is 2.22. The van der Waals surface area contributed by atoms with Crippen LogP contribution >= 0.6 is 0 Å². The van der Waals surface area contributed by atoms with Gasteiger partial charge in [-0.2, -0.15) is 0 Å². The number of carbonyl (C=O) groups is 1. The number of amides is 1. The maximum atomic E-state index is 11.7. The molecule has 0 fully saturated rings. The lowest BCUT2D eigenvalue weighted by Crippen LogP contribution is -2.25. The Morgan fingerprint density at radius 2 is 1.85 bits per heavy atom. The maximum absolute atomic E-state index is 11.7. The number of aromatic nitrogens is 2. The van der Waals surface area contributed by atoms with Gasteiger partial charge < -0.3 is 9.47 Å². The number of hydrogen-bond donors (Lipinski definition) is 0. The Balaban J connectivity index is 1.94. The largest absolute Gasteiger partial charge is 0.339 e. The van der Waals surface area contributed by atoms with Gasteiger partial charge >= 0.3 is 0 Å². The Kier molecular flexibility index (Phi) is 5.40. The van der Waals surface area contributed by atoms with Gasteiger partial charge in [-0.15, -0.1) is 0 Å². The van der Waals surface area contributed by atoms with E-state index in [1.54, 1.807) is 11.8 Å². The molecule has 0 saturated heterocycles. The van der Waals surface area contributed by atoms with Gasteiger partial charge in [0.1, 0.15) is 5.82 Å². The van der Waals surface area contributed by atoms with Crippen LogP contribution in [0.4, 0.5) is 0 Å². The van der Waals surface area contributed by atoms with Gasteiger partial charge in [-0.1, -0.05) is 50.2 Å². The summed E-state index contributed by atoms with van der Waals surface area (Å²) >= 11 is 0. The quantitative estimate of drug-likeness (QED) is 0.653. The third-order valence-electron chi connectivity index (χ3n) is 5.15. The first kappa shape index (κ1) is 18.2. The molecule has 136 valence electrons. The van der Waals surface area contributed by atoms with E-state index in [1.165, 1.54) is 11.1 Å². The highest BCUT2D eigenvalue weighted by Crippen LogP contribution is 2.22. The molecule has 0 aliphatic heterocycles. The minimum absolute atomic E-state index is 0.0431. The average Bonchev–Trinajstić information content (AvgIpc) is 2.99. The average molecular weight is 349 g/mol. The van der Waals surface area contributed by atoms with Gasteiger partial charge in [-0.05, 0) is 35.6 Å². The molecule has 4 nitrogen and oxygen atoms in total. The molecule has 0 spiro atoms. The molecule has 0 radical (unpaired) electrons. The molecule has 1 atom stereocenters. The smallest absolute Gasteiger partial charge is 0.219 e. The summed E-state index contributed by atoms with van der Waals surface area (Å²) in [5.41, 5.74) is 4.69. The van der Waals surface area contributed by atoms with Crippen molar-refractivity contribution in [1.82, 2.24) is 14.5 Å². The van der Waals surface area contributed by atoms with Crippen molar-refractivity contribution in [3.63, 3.8) is 0 Å². The van der Waals surface area contributed by atoms with Gasteiger partial charge in [0.15, 0.2) is 0 Å². The lowest BCUT2D eigenvalue weighted by atomic mass is 9.98. The molecular weight excluding hydrogens is 322 g/mol. The first-order valence-corrected chi connectivity index (χ1v) is 9.24. The summed E-state index contributed by atoms with van der Waals surface area (Å²) in [5, 5.41) is 0. The van der Waals surface area contributed by atoms with Crippen molar-refractivity contribution in [2.24, 2.45) is 0 Å². The topological polar surface area (TPSA) is 38.1 Å². The molecule has 1 heterocycles. The van der Waals surface area contributed by atoms with Crippen molar-refractivity contribution in [3.05, 3.63) is 65.5 Å². The normalized spacial score (nSPS) is 12.3. The molecule has 0 N–H and O–H groups in total. The highest BCUT2D eigenvalue weighted by molar-refractivity contribution is 5.76.